The van der Waals surface area contributed by atoms with Gasteiger partial charge in [-0.3, -0.25) is 4.98 Å². The fraction of sp³-hybridized carbons (Fsp3) is 0.0833. The molecule has 0 aliphatic heterocycles. The van der Waals surface area contributed by atoms with Crippen LogP contribution in [0.15, 0.2) is 41.0 Å². The molecular weight excluding hydrogens is 289 g/mol. The van der Waals surface area contributed by atoms with Crippen LogP contribution in [0.2, 0.25) is 0 Å². The number of nitrogens with zero attached hydrogens (tertiary/aromatic N) is 1. The van der Waals surface area contributed by atoms with E-state index in [1.807, 2.05) is 0 Å². The van der Waals surface area contributed by atoms with Gasteiger partial charge >= 0.3 is 0 Å². The largest absolute Gasteiger partial charge is 0.507 e. The van der Waals surface area contributed by atoms with E-state index in [4.69, 9.17) is 0 Å². The molecule has 2 N–H and O–H groups in total. The Morgan fingerprint density at radius 3 is 2.71 bits per heavy atom. The molecule has 1 unspecified atom stereocenters. The standard InChI is InChI=1S/C12H9BrFNO2/c13-8-5-7(11(16)6-9(8)14)12(17)10-3-1-2-4-15-10/h1-6,12,16-17H. The monoisotopic (exact) mass is 297 g/mol. The first-order chi connectivity index (χ1) is 8.09. The van der Waals surface area contributed by atoms with Crippen LogP contribution >= 0.6 is 15.9 Å². The average Bonchev–Trinajstić information content (AvgIpc) is 2.34. The van der Waals surface area contributed by atoms with Crippen LogP contribution in [0.4, 0.5) is 4.39 Å². The highest BCUT2D eigenvalue weighted by molar-refractivity contribution is 9.10. The predicted octanol–water partition coefficient (Wildman–Crippen LogP) is 2.77. The molecule has 2 rings (SSSR count). The molecule has 0 radical (unpaired) electrons. The smallest absolute Gasteiger partial charge is 0.141 e. The Bertz CT molecular complexity index is 534. The lowest BCUT2D eigenvalue weighted by Gasteiger charge is -2.12. The van der Waals surface area contributed by atoms with Crippen molar-refractivity contribution >= 4 is 15.9 Å². The molecule has 3 nitrogen and oxygen atoms in total. The number of hydrogen-bond donors (Lipinski definition) is 2. The minimum atomic E-state index is -1.09. The van der Waals surface area contributed by atoms with Crippen LogP contribution in [0, 0.1) is 5.82 Å². The summed E-state index contributed by atoms with van der Waals surface area (Å²) in [6, 6.07) is 7.36. The molecule has 0 amide bonds. The Kier molecular flexibility index (Phi) is 3.40. The molecule has 1 aromatic heterocycles. The average molecular weight is 298 g/mol. The van der Waals surface area contributed by atoms with Gasteiger partial charge in [-0.25, -0.2) is 4.39 Å². The minimum Gasteiger partial charge on any atom is -0.507 e. The Labute approximate surface area is 106 Å². The maximum atomic E-state index is 13.1. The third kappa shape index (κ3) is 2.45. The van der Waals surface area contributed by atoms with Gasteiger partial charge < -0.3 is 10.2 Å². The van der Waals surface area contributed by atoms with Gasteiger partial charge in [0.25, 0.3) is 0 Å². The number of phenolic OH excluding ortho intramolecular Hbond substituents is 1. The van der Waals surface area contributed by atoms with Crippen LogP contribution in [0.1, 0.15) is 17.4 Å². The summed E-state index contributed by atoms with van der Waals surface area (Å²) in [6.45, 7) is 0. The molecule has 0 saturated carbocycles. The zero-order valence-electron chi connectivity index (χ0n) is 8.64. The fourth-order valence-electron chi connectivity index (χ4n) is 1.47. The van der Waals surface area contributed by atoms with Gasteiger partial charge in [0.05, 0.1) is 10.2 Å². The maximum Gasteiger partial charge on any atom is 0.141 e. The van der Waals surface area contributed by atoms with E-state index in [2.05, 4.69) is 20.9 Å². The van der Waals surface area contributed by atoms with Crippen molar-refractivity contribution in [3.63, 3.8) is 0 Å². The second-order valence-corrected chi connectivity index (χ2v) is 4.34. The zero-order valence-corrected chi connectivity index (χ0v) is 10.2. The molecule has 17 heavy (non-hydrogen) atoms. The molecule has 1 atom stereocenters. The van der Waals surface area contributed by atoms with Gasteiger partial charge in [-0.2, -0.15) is 0 Å². The first-order valence-electron chi connectivity index (χ1n) is 4.86. The summed E-state index contributed by atoms with van der Waals surface area (Å²) in [5.74, 6) is -0.886. The normalized spacial score (nSPS) is 12.4. The highest BCUT2D eigenvalue weighted by atomic mass is 79.9. The van der Waals surface area contributed by atoms with Gasteiger partial charge in [-0.15, -0.1) is 0 Å². The van der Waals surface area contributed by atoms with Gasteiger partial charge in [0.15, 0.2) is 0 Å². The van der Waals surface area contributed by atoms with Crippen molar-refractivity contribution < 1.29 is 14.6 Å². The molecule has 88 valence electrons. The van der Waals surface area contributed by atoms with E-state index in [1.54, 1.807) is 18.2 Å². The summed E-state index contributed by atoms with van der Waals surface area (Å²) >= 11 is 3.00. The summed E-state index contributed by atoms with van der Waals surface area (Å²) < 4.78 is 13.3. The number of aromatic hydroxyl groups is 1. The topological polar surface area (TPSA) is 53.4 Å². The van der Waals surface area contributed by atoms with Gasteiger partial charge in [0, 0.05) is 17.8 Å². The van der Waals surface area contributed by atoms with Crippen molar-refractivity contribution in [1.29, 1.82) is 0 Å². The molecule has 0 spiro atoms. The van der Waals surface area contributed by atoms with Crippen LogP contribution < -0.4 is 0 Å². The van der Waals surface area contributed by atoms with Gasteiger partial charge in [0.2, 0.25) is 0 Å². The van der Waals surface area contributed by atoms with E-state index >= 15 is 0 Å². The Morgan fingerprint density at radius 1 is 1.29 bits per heavy atom. The van der Waals surface area contributed by atoms with Crippen molar-refractivity contribution in [2.45, 2.75) is 6.10 Å². The van der Waals surface area contributed by atoms with E-state index in [1.165, 1.54) is 12.3 Å². The number of halogens is 2. The summed E-state index contributed by atoms with van der Waals surface area (Å²) in [5.41, 5.74) is 0.596. The molecule has 2 aromatic rings. The quantitative estimate of drug-likeness (QED) is 0.896. The van der Waals surface area contributed by atoms with Gasteiger partial charge in [0.1, 0.15) is 17.7 Å². The fourth-order valence-corrected chi connectivity index (χ4v) is 1.83. The Hall–Kier alpha value is -1.46. The van der Waals surface area contributed by atoms with E-state index in [0.29, 0.717) is 5.69 Å². The first-order valence-corrected chi connectivity index (χ1v) is 5.66. The van der Waals surface area contributed by atoms with Crippen LogP contribution in [0.25, 0.3) is 0 Å². The van der Waals surface area contributed by atoms with Crippen molar-refractivity contribution in [3.8, 4) is 5.75 Å². The zero-order chi connectivity index (χ0) is 12.4. The number of pyridine rings is 1. The minimum absolute atomic E-state index is 0.181. The van der Waals surface area contributed by atoms with Crippen molar-refractivity contribution in [3.05, 3.63) is 58.1 Å². The van der Waals surface area contributed by atoms with Gasteiger partial charge in [-0.1, -0.05) is 6.07 Å². The molecule has 0 saturated heterocycles. The molecule has 5 heteroatoms. The number of aliphatic hydroxyl groups is 1. The summed E-state index contributed by atoms with van der Waals surface area (Å²) in [5, 5.41) is 19.6. The van der Waals surface area contributed by atoms with Crippen molar-refractivity contribution in [2.24, 2.45) is 0 Å². The SMILES string of the molecule is Oc1cc(F)c(Br)cc1C(O)c1ccccn1. The van der Waals surface area contributed by atoms with Crippen molar-refractivity contribution in [1.82, 2.24) is 4.98 Å². The molecule has 0 aliphatic carbocycles. The number of aliphatic hydroxyl groups excluding tert-OH is 1. The molecule has 0 aliphatic rings. The van der Waals surface area contributed by atoms with Crippen molar-refractivity contribution in [2.75, 3.05) is 0 Å². The van der Waals surface area contributed by atoms with Crippen LogP contribution in [0.3, 0.4) is 0 Å². The lowest BCUT2D eigenvalue weighted by Crippen LogP contribution is -2.02. The maximum absolute atomic E-state index is 13.1. The van der Waals surface area contributed by atoms with E-state index in [-0.39, 0.29) is 15.8 Å². The lowest BCUT2D eigenvalue weighted by molar-refractivity contribution is 0.210. The Balaban J connectivity index is 2.44. The second-order valence-electron chi connectivity index (χ2n) is 3.48. The summed E-state index contributed by atoms with van der Waals surface area (Å²) in [7, 11) is 0. The summed E-state index contributed by atoms with van der Waals surface area (Å²) in [6.07, 6.45) is 0.446. The molecule has 0 fully saturated rings. The molecule has 0 bridgehead atoms. The Morgan fingerprint density at radius 2 is 2.06 bits per heavy atom. The van der Waals surface area contributed by atoms with Gasteiger partial charge in [-0.05, 0) is 34.1 Å². The second kappa shape index (κ2) is 4.81. The number of aromatic nitrogens is 1. The summed E-state index contributed by atoms with van der Waals surface area (Å²) in [4.78, 5) is 3.98. The van der Waals surface area contributed by atoms with Crippen LogP contribution in [-0.4, -0.2) is 15.2 Å². The van der Waals surface area contributed by atoms with Crippen LogP contribution in [0.5, 0.6) is 5.75 Å². The van der Waals surface area contributed by atoms with E-state index in [0.717, 1.165) is 6.07 Å². The van der Waals surface area contributed by atoms with E-state index in [9.17, 15) is 14.6 Å². The van der Waals surface area contributed by atoms with E-state index < -0.39 is 11.9 Å². The third-order valence-corrected chi connectivity index (χ3v) is 2.94. The number of phenols is 1. The molecule has 1 heterocycles. The predicted molar refractivity (Wildman–Crippen MR) is 64.1 cm³/mol. The number of rotatable bonds is 2. The first kappa shape index (κ1) is 12.0. The molecule has 1 aromatic carbocycles. The highest BCUT2D eigenvalue weighted by Gasteiger charge is 2.17. The third-order valence-electron chi connectivity index (χ3n) is 2.33. The van der Waals surface area contributed by atoms with Crippen LogP contribution in [-0.2, 0) is 0 Å². The molecular formula is C12H9BrFNO2. The lowest BCUT2D eigenvalue weighted by atomic mass is 10.0. The highest BCUT2D eigenvalue weighted by Crippen LogP contribution is 2.32. The number of benzene rings is 1. The number of hydrogen-bond acceptors (Lipinski definition) is 3.